The first kappa shape index (κ1) is 19.4. The SMILES string of the molecule is CSc1ccc(CN(C)C(=O)C(C)NC(=O)OC(C)(C)C)cc1. The highest BCUT2D eigenvalue weighted by Gasteiger charge is 2.23. The van der Waals surface area contributed by atoms with E-state index in [-0.39, 0.29) is 5.91 Å². The molecule has 2 amide bonds. The fraction of sp³-hybridized carbons (Fsp3) is 0.529. The number of rotatable bonds is 5. The lowest BCUT2D eigenvalue weighted by molar-refractivity contribution is -0.132. The van der Waals surface area contributed by atoms with Gasteiger partial charge in [-0.1, -0.05) is 12.1 Å². The maximum absolute atomic E-state index is 12.3. The van der Waals surface area contributed by atoms with Crippen molar-refractivity contribution in [3.63, 3.8) is 0 Å². The first-order chi connectivity index (χ1) is 10.6. The molecule has 1 N–H and O–H groups in total. The average molecular weight is 338 g/mol. The van der Waals surface area contributed by atoms with Crippen molar-refractivity contribution >= 4 is 23.8 Å². The highest BCUT2D eigenvalue weighted by molar-refractivity contribution is 7.98. The van der Waals surface area contributed by atoms with E-state index in [0.29, 0.717) is 6.54 Å². The molecule has 0 heterocycles. The maximum Gasteiger partial charge on any atom is 0.408 e. The number of alkyl carbamates (subject to hydrolysis) is 1. The Morgan fingerprint density at radius 1 is 1.26 bits per heavy atom. The summed E-state index contributed by atoms with van der Waals surface area (Å²) in [7, 11) is 1.72. The summed E-state index contributed by atoms with van der Waals surface area (Å²) in [5.41, 5.74) is 0.459. The van der Waals surface area contributed by atoms with Crippen LogP contribution < -0.4 is 5.32 Å². The molecule has 0 saturated carbocycles. The Hall–Kier alpha value is -1.69. The van der Waals surface area contributed by atoms with E-state index < -0.39 is 17.7 Å². The first-order valence-electron chi connectivity index (χ1n) is 7.50. The number of carbonyl (C=O) groups excluding carboxylic acids is 2. The van der Waals surface area contributed by atoms with Gasteiger partial charge in [0.1, 0.15) is 11.6 Å². The predicted molar refractivity (Wildman–Crippen MR) is 93.5 cm³/mol. The zero-order valence-corrected chi connectivity index (χ0v) is 15.5. The summed E-state index contributed by atoms with van der Waals surface area (Å²) in [4.78, 5) is 26.8. The van der Waals surface area contributed by atoms with Gasteiger partial charge in [-0.25, -0.2) is 4.79 Å². The fourth-order valence-corrected chi connectivity index (χ4v) is 2.37. The van der Waals surface area contributed by atoms with Crippen LogP contribution in [0.25, 0.3) is 0 Å². The van der Waals surface area contributed by atoms with Gasteiger partial charge in [0, 0.05) is 18.5 Å². The molecule has 23 heavy (non-hydrogen) atoms. The van der Waals surface area contributed by atoms with Crippen LogP contribution in [0, 0.1) is 0 Å². The van der Waals surface area contributed by atoms with E-state index in [1.807, 2.05) is 30.5 Å². The van der Waals surface area contributed by atoms with E-state index in [4.69, 9.17) is 4.74 Å². The van der Waals surface area contributed by atoms with Gasteiger partial charge in [-0.05, 0) is 51.6 Å². The Balaban J connectivity index is 2.55. The maximum atomic E-state index is 12.3. The molecule has 128 valence electrons. The minimum atomic E-state index is -0.639. The molecular weight excluding hydrogens is 312 g/mol. The number of nitrogens with one attached hydrogen (secondary N) is 1. The fourth-order valence-electron chi connectivity index (χ4n) is 1.96. The van der Waals surface area contributed by atoms with Gasteiger partial charge in [-0.15, -0.1) is 11.8 Å². The first-order valence-corrected chi connectivity index (χ1v) is 8.72. The van der Waals surface area contributed by atoms with Crippen molar-refractivity contribution in [1.82, 2.24) is 10.2 Å². The van der Waals surface area contributed by atoms with Crippen LogP contribution in [0.5, 0.6) is 0 Å². The summed E-state index contributed by atoms with van der Waals surface area (Å²) in [5.74, 6) is -0.162. The van der Waals surface area contributed by atoms with Gasteiger partial charge in [0.05, 0.1) is 0 Å². The van der Waals surface area contributed by atoms with Crippen molar-refractivity contribution in [2.75, 3.05) is 13.3 Å². The number of amides is 2. The number of nitrogens with zero attached hydrogens (tertiary/aromatic N) is 1. The normalized spacial score (nSPS) is 12.4. The Morgan fingerprint density at radius 2 is 1.83 bits per heavy atom. The predicted octanol–water partition coefficient (Wildman–Crippen LogP) is 3.28. The van der Waals surface area contributed by atoms with E-state index in [1.54, 1.807) is 51.4 Å². The largest absolute Gasteiger partial charge is 0.444 e. The van der Waals surface area contributed by atoms with Crippen molar-refractivity contribution in [3.8, 4) is 0 Å². The van der Waals surface area contributed by atoms with Gasteiger partial charge in [0.15, 0.2) is 0 Å². The molecule has 0 aliphatic rings. The van der Waals surface area contributed by atoms with E-state index in [1.165, 1.54) is 4.90 Å². The molecule has 0 fully saturated rings. The third-order valence-electron chi connectivity index (χ3n) is 3.06. The van der Waals surface area contributed by atoms with Gasteiger partial charge in [0.25, 0.3) is 0 Å². The van der Waals surface area contributed by atoms with Crippen LogP contribution in [0.15, 0.2) is 29.2 Å². The number of carbonyl (C=O) groups is 2. The summed E-state index contributed by atoms with van der Waals surface area (Å²) >= 11 is 1.68. The van der Waals surface area contributed by atoms with Crippen LogP contribution >= 0.6 is 11.8 Å². The van der Waals surface area contributed by atoms with Crippen LogP contribution in [-0.2, 0) is 16.1 Å². The molecule has 5 nitrogen and oxygen atoms in total. The molecule has 0 bridgehead atoms. The smallest absolute Gasteiger partial charge is 0.408 e. The van der Waals surface area contributed by atoms with Crippen molar-refractivity contribution < 1.29 is 14.3 Å². The number of hydrogen-bond donors (Lipinski definition) is 1. The summed E-state index contributed by atoms with van der Waals surface area (Å²) in [5, 5.41) is 2.57. The van der Waals surface area contributed by atoms with Crippen LogP contribution in [0.2, 0.25) is 0 Å². The molecule has 1 atom stereocenters. The molecule has 0 aliphatic carbocycles. The number of benzene rings is 1. The number of hydrogen-bond acceptors (Lipinski definition) is 4. The Bertz CT molecular complexity index is 538. The molecule has 0 radical (unpaired) electrons. The van der Waals surface area contributed by atoms with Gasteiger partial charge in [0.2, 0.25) is 5.91 Å². The van der Waals surface area contributed by atoms with Crippen molar-refractivity contribution in [2.24, 2.45) is 0 Å². The van der Waals surface area contributed by atoms with E-state index >= 15 is 0 Å². The van der Waals surface area contributed by atoms with Crippen molar-refractivity contribution in [1.29, 1.82) is 0 Å². The van der Waals surface area contributed by atoms with E-state index in [9.17, 15) is 9.59 Å². The van der Waals surface area contributed by atoms with Crippen LogP contribution in [0.1, 0.15) is 33.3 Å². The van der Waals surface area contributed by atoms with Crippen molar-refractivity contribution in [2.45, 2.75) is 50.8 Å². The van der Waals surface area contributed by atoms with Gasteiger partial charge >= 0.3 is 6.09 Å². The summed E-state index contributed by atoms with van der Waals surface area (Å²) in [6, 6.07) is 7.42. The molecule has 1 aromatic carbocycles. The van der Waals surface area contributed by atoms with E-state index in [0.717, 1.165) is 5.56 Å². The van der Waals surface area contributed by atoms with Crippen LogP contribution in [-0.4, -0.2) is 41.8 Å². The highest BCUT2D eigenvalue weighted by atomic mass is 32.2. The Morgan fingerprint density at radius 3 is 2.30 bits per heavy atom. The molecule has 1 rings (SSSR count). The standard InChI is InChI=1S/C17H26N2O3S/c1-12(18-16(21)22-17(2,3)4)15(20)19(5)11-13-7-9-14(23-6)10-8-13/h7-10,12H,11H2,1-6H3,(H,18,21). The summed E-state index contributed by atoms with van der Waals surface area (Å²) in [6.45, 7) is 7.49. The molecular formula is C17H26N2O3S. The van der Waals surface area contributed by atoms with Gasteiger partial charge in [-0.2, -0.15) is 0 Å². The third-order valence-corrected chi connectivity index (χ3v) is 3.80. The zero-order valence-electron chi connectivity index (χ0n) is 14.7. The van der Waals surface area contributed by atoms with Crippen LogP contribution in [0.4, 0.5) is 4.79 Å². The van der Waals surface area contributed by atoms with Crippen LogP contribution in [0.3, 0.4) is 0 Å². The monoisotopic (exact) mass is 338 g/mol. The highest BCUT2D eigenvalue weighted by Crippen LogP contribution is 2.15. The number of thioether (sulfide) groups is 1. The Kier molecular flexibility index (Phi) is 6.94. The lowest BCUT2D eigenvalue weighted by Gasteiger charge is -2.24. The molecule has 6 heteroatoms. The second-order valence-corrected chi connectivity index (χ2v) is 7.29. The Labute approximate surface area is 142 Å². The minimum Gasteiger partial charge on any atom is -0.444 e. The number of likely N-dealkylation sites (N-methyl/N-ethyl adjacent to an activating group) is 1. The lowest BCUT2D eigenvalue weighted by Crippen LogP contribution is -2.46. The molecule has 1 aromatic rings. The molecule has 0 aromatic heterocycles. The summed E-state index contributed by atoms with van der Waals surface area (Å²) in [6.07, 6.45) is 1.44. The zero-order chi connectivity index (χ0) is 17.6. The summed E-state index contributed by atoms with van der Waals surface area (Å²) < 4.78 is 5.16. The molecule has 0 spiro atoms. The van der Waals surface area contributed by atoms with Gasteiger partial charge in [-0.3, -0.25) is 4.79 Å². The molecule has 1 unspecified atom stereocenters. The van der Waals surface area contributed by atoms with E-state index in [2.05, 4.69) is 5.32 Å². The quantitative estimate of drug-likeness (QED) is 0.837. The molecule has 0 aliphatic heterocycles. The minimum absolute atomic E-state index is 0.162. The molecule has 0 saturated heterocycles. The second-order valence-electron chi connectivity index (χ2n) is 6.41. The average Bonchev–Trinajstić information content (AvgIpc) is 2.45. The van der Waals surface area contributed by atoms with Crippen molar-refractivity contribution in [3.05, 3.63) is 29.8 Å². The topological polar surface area (TPSA) is 58.6 Å². The lowest BCUT2D eigenvalue weighted by atomic mass is 10.2. The number of ether oxygens (including phenoxy) is 1. The van der Waals surface area contributed by atoms with Gasteiger partial charge < -0.3 is 15.0 Å². The second kappa shape index (κ2) is 8.24. The third kappa shape index (κ3) is 6.95.